The summed E-state index contributed by atoms with van der Waals surface area (Å²) in [6.07, 6.45) is 0. The van der Waals surface area contributed by atoms with Gasteiger partial charge in [-0.25, -0.2) is 8.78 Å². The van der Waals surface area contributed by atoms with Gasteiger partial charge in [0.1, 0.15) is 17.4 Å². The van der Waals surface area contributed by atoms with Crippen LogP contribution in [0.3, 0.4) is 0 Å². The fourth-order valence-corrected chi connectivity index (χ4v) is 1.46. The van der Waals surface area contributed by atoms with Gasteiger partial charge in [-0.15, -0.1) is 0 Å². The van der Waals surface area contributed by atoms with Crippen molar-refractivity contribution in [2.24, 2.45) is 0 Å². The van der Waals surface area contributed by atoms with Crippen LogP contribution in [-0.4, -0.2) is 0 Å². The van der Waals surface area contributed by atoms with E-state index >= 15 is 0 Å². The molecular weight excluding hydrogens is 261 g/mol. The summed E-state index contributed by atoms with van der Waals surface area (Å²) < 4.78 is 36.1. The molecule has 1 aromatic rings. The molecule has 0 bridgehead atoms. The maximum absolute atomic E-state index is 13.0. The summed E-state index contributed by atoms with van der Waals surface area (Å²) in [5.41, 5.74) is -1.07. The summed E-state index contributed by atoms with van der Waals surface area (Å²) in [6.45, 7) is 0. The molecule has 0 atom stereocenters. The summed E-state index contributed by atoms with van der Waals surface area (Å²) >= 11 is 0. The Morgan fingerprint density at radius 2 is 1.75 bits per heavy atom. The van der Waals surface area contributed by atoms with E-state index < -0.39 is 30.1 Å². The van der Waals surface area contributed by atoms with Gasteiger partial charge in [0.05, 0.1) is 0 Å². The average Bonchev–Trinajstić information content (AvgIpc) is 2.02. The van der Waals surface area contributed by atoms with E-state index in [2.05, 4.69) is 0 Å². The number of hydrogen-bond donors (Lipinski definition) is 0. The van der Waals surface area contributed by atoms with Crippen molar-refractivity contribution in [3.63, 3.8) is 0 Å². The second-order valence-electron chi connectivity index (χ2n) is 2.36. The van der Waals surface area contributed by atoms with Gasteiger partial charge in [-0.3, -0.25) is 0 Å². The van der Waals surface area contributed by atoms with Gasteiger partial charge in [-0.1, -0.05) is 0 Å². The Morgan fingerprint density at radius 3 is 2.12 bits per heavy atom. The number of benzene rings is 1. The molecule has 1 aromatic carbocycles. The van der Waals surface area contributed by atoms with E-state index in [4.69, 9.17) is 5.26 Å². The van der Waals surface area contributed by atoms with Crippen LogP contribution in [0.25, 0.3) is 0 Å². The summed E-state index contributed by atoms with van der Waals surface area (Å²) in [7, 11) is -5.31. The zero-order valence-electron chi connectivity index (χ0n) is 8.53. The predicted molar refractivity (Wildman–Crippen MR) is 38.3 cm³/mol. The quantitative estimate of drug-likeness (QED) is 0.372. The Balaban J connectivity index is 0. The van der Waals surface area contributed by atoms with Crippen LogP contribution < -0.4 is 74.2 Å². The summed E-state index contributed by atoms with van der Waals surface area (Å²) in [5, 5.41) is 7.07. The molecule has 0 saturated carbocycles. The van der Waals surface area contributed by atoms with Crippen LogP contribution in [0.5, 0.6) is 0 Å². The van der Waals surface area contributed by atoms with Gasteiger partial charge in [-0.05, 0) is 19.7 Å². The molecule has 0 fully saturated rings. The minimum atomic E-state index is -5.31. The summed E-state index contributed by atoms with van der Waals surface area (Å²) in [6, 6.07) is 2.17. The van der Waals surface area contributed by atoms with E-state index in [-0.39, 0.29) is 59.1 Å². The number of halogens is 2. The third-order valence-corrected chi connectivity index (χ3v) is 2.41. The maximum atomic E-state index is 13.0. The monoisotopic (exact) mass is 263 g/mol. The van der Waals surface area contributed by atoms with Gasteiger partial charge < -0.3 is 14.4 Å². The number of hydrogen-bond acceptors (Lipinski definition) is 4. The first-order valence-corrected chi connectivity index (χ1v) is 4.83. The standard InChI is InChI=1S/C7H4F2NO3P.2Na/c8-5-1-2-6(14(11,12)13)7(9)4(5)3-10;;/h1-2H,(H2,11,12,13);;/q;2*+1/p-2. The molecule has 0 unspecified atom stereocenters. The number of nitrogens with zero attached hydrogens (tertiary/aromatic N) is 1. The first kappa shape index (κ1) is 19.1. The van der Waals surface area contributed by atoms with E-state index in [0.29, 0.717) is 12.1 Å². The Bertz CT molecular complexity index is 471. The topological polar surface area (TPSA) is 87.0 Å². The van der Waals surface area contributed by atoms with Crippen molar-refractivity contribution < 1.29 is 82.2 Å². The van der Waals surface area contributed by atoms with Crippen molar-refractivity contribution >= 4 is 12.9 Å². The Morgan fingerprint density at radius 1 is 1.25 bits per heavy atom. The van der Waals surface area contributed by atoms with Crippen LogP contribution in [0.4, 0.5) is 8.78 Å². The van der Waals surface area contributed by atoms with E-state index in [9.17, 15) is 23.1 Å². The number of nitriles is 1. The normalized spacial score (nSPS) is 9.69. The number of rotatable bonds is 1. The van der Waals surface area contributed by atoms with Crippen LogP contribution in [0.15, 0.2) is 12.1 Å². The molecule has 0 radical (unpaired) electrons. The first-order chi connectivity index (χ1) is 6.38. The van der Waals surface area contributed by atoms with Crippen LogP contribution >= 0.6 is 7.60 Å². The van der Waals surface area contributed by atoms with Crippen LogP contribution in [0, 0.1) is 23.0 Å². The fraction of sp³-hybridized carbons (Fsp3) is 0. The zero-order chi connectivity index (χ0) is 10.9. The molecule has 0 aliphatic carbocycles. The van der Waals surface area contributed by atoms with Gasteiger partial charge in [0, 0.05) is 5.30 Å². The van der Waals surface area contributed by atoms with Crippen molar-refractivity contribution in [1.29, 1.82) is 5.26 Å². The molecule has 0 aliphatic rings. The molecule has 0 aliphatic heterocycles. The summed E-state index contributed by atoms with van der Waals surface area (Å²) in [5.74, 6) is -2.84. The minimum absolute atomic E-state index is 0. The molecule has 74 valence electrons. The molecule has 4 nitrogen and oxygen atoms in total. The molecule has 9 heteroatoms. The molecule has 0 saturated heterocycles. The molecule has 0 amide bonds. The summed E-state index contributed by atoms with van der Waals surface area (Å²) in [4.78, 5) is 20.9. The largest absolute Gasteiger partial charge is 1.00 e. The SMILES string of the molecule is N#Cc1c(F)ccc(P(=O)([O-])[O-])c1F.[Na+].[Na+]. The van der Waals surface area contributed by atoms with E-state index in [0.717, 1.165) is 6.07 Å². The van der Waals surface area contributed by atoms with E-state index in [1.165, 1.54) is 0 Å². The van der Waals surface area contributed by atoms with Crippen molar-refractivity contribution in [2.45, 2.75) is 0 Å². The fourth-order valence-electron chi connectivity index (χ4n) is 0.855. The molecule has 0 spiro atoms. The predicted octanol–water partition coefficient (Wildman–Crippen LogP) is -6.62. The molecule has 0 aromatic heterocycles. The van der Waals surface area contributed by atoms with Gasteiger partial charge in [-0.2, -0.15) is 5.26 Å². The molecular formula is C7H2F2NNa2O3P. The van der Waals surface area contributed by atoms with Gasteiger partial charge in [0.2, 0.25) is 0 Å². The molecule has 0 heterocycles. The third-order valence-electron chi connectivity index (χ3n) is 1.48. The van der Waals surface area contributed by atoms with E-state index in [1.807, 2.05) is 0 Å². The van der Waals surface area contributed by atoms with E-state index in [1.54, 1.807) is 0 Å². The Labute approximate surface area is 134 Å². The molecule has 1 rings (SSSR count). The van der Waals surface area contributed by atoms with Gasteiger partial charge in [0.25, 0.3) is 0 Å². The Hall–Kier alpha value is 0.720. The van der Waals surface area contributed by atoms with Crippen LogP contribution in [0.2, 0.25) is 0 Å². The smallest absolute Gasteiger partial charge is 0.807 e. The zero-order valence-corrected chi connectivity index (χ0v) is 13.4. The van der Waals surface area contributed by atoms with Crippen molar-refractivity contribution in [3.8, 4) is 6.07 Å². The minimum Gasteiger partial charge on any atom is -0.807 e. The third kappa shape index (κ3) is 4.19. The van der Waals surface area contributed by atoms with Crippen LogP contribution in [0.1, 0.15) is 5.56 Å². The average molecular weight is 263 g/mol. The maximum Gasteiger partial charge on any atom is 1.00 e. The van der Waals surface area contributed by atoms with Crippen molar-refractivity contribution in [3.05, 3.63) is 29.3 Å². The first-order valence-electron chi connectivity index (χ1n) is 3.28. The van der Waals surface area contributed by atoms with Crippen molar-refractivity contribution in [1.82, 2.24) is 0 Å². The second kappa shape index (κ2) is 7.22. The van der Waals surface area contributed by atoms with Gasteiger partial charge in [0.15, 0.2) is 5.82 Å². The second-order valence-corrected chi connectivity index (χ2v) is 3.84. The van der Waals surface area contributed by atoms with Gasteiger partial charge >= 0.3 is 59.1 Å². The van der Waals surface area contributed by atoms with Crippen LogP contribution in [-0.2, 0) is 4.57 Å². The van der Waals surface area contributed by atoms with Crippen molar-refractivity contribution in [2.75, 3.05) is 0 Å². The molecule has 0 N–H and O–H groups in total. The Kier molecular flexibility index (Phi) is 8.61. The molecule has 16 heavy (non-hydrogen) atoms.